The van der Waals surface area contributed by atoms with Crippen LogP contribution in [0.15, 0.2) is 48.8 Å². The molecule has 0 saturated heterocycles. The highest BCUT2D eigenvalue weighted by Crippen LogP contribution is 2.37. The first-order valence-electron chi connectivity index (χ1n) is 14.5. The number of aryl methyl sites for hydroxylation is 1. The quantitative estimate of drug-likeness (QED) is 0.267. The van der Waals surface area contributed by atoms with Crippen molar-refractivity contribution in [1.29, 1.82) is 0 Å². The number of para-hydroxylation sites is 1. The molecule has 3 aromatic heterocycles. The molecule has 0 saturated carbocycles. The molecule has 0 aliphatic heterocycles. The van der Waals surface area contributed by atoms with Crippen molar-refractivity contribution in [3.8, 4) is 34.6 Å². The molecule has 0 bridgehead atoms. The molecule has 0 unspecified atom stereocenters. The standard InChI is InChI=1S/C26H30N6O6S/c1-16-13-27-25(28-14-16)24(38-6)17(2)39(33,34)15-21-30-31-26(18-9-7-12-22(29-18)37-5)32(21)23-19(35-3)10-8-11-20(23)36-4/h7-14,17,24H,15H2,1-6H3/t17-,24-/m0/s1/i3D3,4D3. The Morgan fingerprint density at radius 1 is 0.974 bits per heavy atom. The lowest BCUT2D eigenvalue weighted by Crippen LogP contribution is -2.30. The zero-order chi connectivity index (χ0) is 33.2. The van der Waals surface area contributed by atoms with Gasteiger partial charge in [0.1, 0.15) is 34.7 Å². The van der Waals surface area contributed by atoms with Crippen molar-refractivity contribution in [3.05, 3.63) is 66.0 Å². The van der Waals surface area contributed by atoms with Gasteiger partial charge in [-0.05, 0) is 37.6 Å². The second kappa shape index (κ2) is 11.7. The third kappa shape index (κ3) is 5.68. The lowest BCUT2D eigenvalue weighted by atomic mass is 10.2. The largest absolute Gasteiger partial charge is 0.494 e. The minimum absolute atomic E-state index is 0.0890. The van der Waals surface area contributed by atoms with E-state index in [9.17, 15) is 8.42 Å². The van der Waals surface area contributed by atoms with Gasteiger partial charge < -0.3 is 18.9 Å². The Balaban J connectivity index is 1.94. The smallest absolute Gasteiger partial charge is 0.213 e. The van der Waals surface area contributed by atoms with Gasteiger partial charge in [0, 0.05) is 25.6 Å². The summed E-state index contributed by atoms with van der Waals surface area (Å²) in [5.74, 6) is -1.51. The summed E-state index contributed by atoms with van der Waals surface area (Å²) in [6.45, 7) is 3.21. The highest BCUT2D eigenvalue weighted by atomic mass is 32.2. The van der Waals surface area contributed by atoms with Crippen LogP contribution in [0.1, 0.15) is 38.5 Å². The molecule has 4 rings (SSSR count). The van der Waals surface area contributed by atoms with E-state index in [0.29, 0.717) is 0 Å². The van der Waals surface area contributed by atoms with Crippen molar-refractivity contribution < 1.29 is 35.6 Å². The number of methoxy groups -OCH3 is 4. The zero-order valence-electron chi connectivity index (χ0n) is 27.5. The number of hydrogen-bond acceptors (Lipinski definition) is 11. The molecule has 0 spiro atoms. The van der Waals surface area contributed by atoms with E-state index in [-0.39, 0.29) is 46.2 Å². The summed E-state index contributed by atoms with van der Waals surface area (Å²) in [6, 6.07) is 8.51. The van der Waals surface area contributed by atoms with Crippen LogP contribution in [0.3, 0.4) is 0 Å². The van der Waals surface area contributed by atoms with Crippen LogP contribution in [0.5, 0.6) is 17.4 Å². The summed E-state index contributed by atoms with van der Waals surface area (Å²) < 4.78 is 96.3. The van der Waals surface area contributed by atoms with Gasteiger partial charge in [0.2, 0.25) is 5.88 Å². The van der Waals surface area contributed by atoms with Gasteiger partial charge in [-0.15, -0.1) is 10.2 Å². The second-order valence-electron chi connectivity index (χ2n) is 8.43. The fourth-order valence-electron chi connectivity index (χ4n) is 3.91. The maximum absolute atomic E-state index is 13.9. The molecule has 39 heavy (non-hydrogen) atoms. The Bertz CT molecular complexity index is 1710. The predicted octanol–water partition coefficient (Wildman–Crippen LogP) is 3.14. The summed E-state index contributed by atoms with van der Waals surface area (Å²) in [6.07, 6.45) is 2.00. The lowest BCUT2D eigenvalue weighted by molar-refractivity contribution is 0.0947. The van der Waals surface area contributed by atoms with Crippen LogP contribution in [-0.4, -0.2) is 71.7 Å². The van der Waals surface area contributed by atoms with Crippen LogP contribution >= 0.6 is 0 Å². The van der Waals surface area contributed by atoms with Crippen LogP contribution < -0.4 is 14.2 Å². The molecule has 0 aliphatic rings. The summed E-state index contributed by atoms with van der Waals surface area (Å²) >= 11 is 0. The minimum Gasteiger partial charge on any atom is -0.494 e. The number of benzene rings is 1. The molecule has 0 amide bonds. The fraction of sp³-hybridized carbons (Fsp3) is 0.346. The Hall–Kier alpha value is -4.10. The molecule has 2 atom stereocenters. The van der Waals surface area contributed by atoms with Crippen molar-refractivity contribution in [2.45, 2.75) is 31.0 Å². The van der Waals surface area contributed by atoms with Crippen molar-refractivity contribution in [1.82, 2.24) is 29.7 Å². The molecule has 1 aromatic carbocycles. The number of aromatic nitrogens is 6. The van der Waals surface area contributed by atoms with Crippen LogP contribution in [-0.2, 0) is 20.3 Å². The first-order chi connectivity index (χ1) is 21.0. The van der Waals surface area contributed by atoms with Gasteiger partial charge in [-0.3, -0.25) is 4.57 Å². The van der Waals surface area contributed by atoms with Gasteiger partial charge in [0.15, 0.2) is 27.3 Å². The number of nitrogens with zero attached hydrogens (tertiary/aromatic N) is 6. The maximum atomic E-state index is 13.9. The molecule has 4 aromatic rings. The number of pyridine rings is 1. The molecule has 0 aliphatic carbocycles. The van der Waals surface area contributed by atoms with Crippen LogP contribution in [0, 0.1) is 6.92 Å². The van der Waals surface area contributed by atoms with Crippen molar-refractivity contribution >= 4 is 9.84 Å². The van der Waals surface area contributed by atoms with Crippen molar-refractivity contribution in [2.75, 3.05) is 28.3 Å². The van der Waals surface area contributed by atoms with E-state index in [1.807, 2.05) is 0 Å². The third-order valence-electron chi connectivity index (χ3n) is 5.93. The third-order valence-corrected chi connectivity index (χ3v) is 7.97. The maximum Gasteiger partial charge on any atom is 0.213 e. The zero-order valence-corrected chi connectivity index (χ0v) is 22.3. The summed E-state index contributed by atoms with van der Waals surface area (Å²) in [5, 5.41) is 7.09. The van der Waals surface area contributed by atoms with Gasteiger partial charge >= 0.3 is 0 Å². The molecule has 206 valence electrons. The van der Waals surface area contributed by atoms with Gasteiger partial charge in [0.05, 0.1) is 34.7 Å². The Morgan fingerprint density at radius 2 is 1.64 bits per heavy atom. The monoisotopic (exact) mass is 560 g/mol. The minimum atomic E-state index is -4.17. The molecule has 12 nitrogen and oxygen atoms in total. The number of hydrogen-bond donors (Lipinski definition) is 0. The van der Waals surface area contributed by atoms with Crippen LogP contribution in [0.4, 0.5) is 0 Å². The molecular formula is C26H30N6O6S. The van der Waals surface area contributed by atoms with E-state index in [1.165, 1.54) is 57.8 Å². The average molecular weight is 561 g/mol. The highest BCUT2D eigenvalue weighted by Gasteiger charge is 2.35. The average Bonchev–Trinajstić information content (AvgIpc) is 3.35. The van der Waals surface area contributed by atoms with E-state index >= 15 is 0 Å². The second-order valence-corrected chi connectivity index (χ2v) is 10.8. The van der Waals surface area contributed by atoms with Crippen molar-refractivity contribution in [3.63, 3.8) is 0 Å². The van der Waals surface area contributed by atoms with E-state index in [1.54, 1.807) is 19.1 Å². The Kier molecular flexibility index (Phi) is 6.27. The lowest BCUT2D eigenvalue weighted by Gasteiger charge is -2.22. The number of ether oxygens (including phenoxy) is 4. The summed E-state index contributed by atoms with van der Waals surface area (Å²) in [5.41, 5.74) is 0.617. The van der Waals surface area contributed by atoms with Gasteiger partial charge in [-0.1, -0.05) is 12.1 Å². The first kappa shape index (κ1) is 20.8. The van der Waals surface area contributed by atoms with Gasteiger partial charge in [-0.2, -0.15) is 0 Å². The van der Waals surface area contributed by atoms with Crippen molar-refractivity contribution in [2.24, 2.45) is 0 Å². The Morgan fingerprint density at radius 3 is 2.26 bits per heavy atom. The van der Waals surface area contributed by atoms with Gasteiger partial charge in [0.25, 0.3) is 0 Å². The molecule has 13 heteroatoms. The fourth-order valence-corrected chi connectivity index (χ4v) is 5.33. The molecule has 0 N–H and O–H groups in total. The van der Waals surface area contributed by atoms with E-state index < -0.39 is 41.0 Å². The van der Waals surface area contributed by atoms with E-state index in [4.69, 9.17) is 27.2 Å². The highest BCUT2D eigenvalue weighted by molar-refractivity contribution is 7.91. The Labute approximate surface area is 235 Å². The molecule has 3 heterocycles. The van der Waals surface area contributed by atoms with E-state index in [0.717, 1.165) is 10.1 Å². The summed E-state index contributed by atoms with van der Waals surface area (Å²) in [7, 11) is -7.43. The number of sulfone groups is 1. The molecular weight excluding hydrogens is 524 g/mol. The van der Waals surface area contributed by atoms with Gasteiger partial charge in [-0.25, -0.2) is 23.4 Å². The SMILES string of the molecule is [2H]C([2H])([2H])Oc1cccc(OC([2H])([2H])[2H])c1-n1c(CS(=O)(=O)[C@@H](C)[C@H](OC)c2ncc(C)cn2)nnc1-c1cccc(OC)n1. The number of rotatable bonds is 11. The van der Waals surface area contributed by atoms with Crippen LogP contribution in [0.25, 0.3) is 17.2 Å². The summed E-state index contributed by atoms with van der Waals surface area (Å²) in [4.78, 5) is 12.8. The molecule has 0 fully saturated rings. The normalized spacial score (nSPS) is 16.0. The molecule has 0 radical (unpaired) electrons. The topological polar surface area (TPSA) is 140 Å². The van der Waals surface area contributed by atoms with Crippen LogP contribution in [0.2, 0.25) is 0 Å². The predicted molar refractivity (Wildman–Crippen MR) is 143 cm³/mol. The van der Waals surface area contributed by atoms with E-state index in [2.05, 4.69) is 25.1 Å². The first-order valence-corrected chi connectivity index (χ1v) is 13.2.